The van der Waals surface area contributed by atoms with Gasteiger partial charge < -0.3 is 9.80 Å². The molecule has 2 heterocycles. The van der Waals surface area contributed by atoms with Crippen molar-refractivity contribution in [2.24, 2.45) is 4.99 Å². The first kappa shape index (κ1) is 19.8. The van der Waals surface area contributed by atoms with Crippen LogP contribution >= 0.6 is 23.4 Å². The summed E-state index contributed by atoms with van der Waals surface area (Å²) in [6, 6.07) is 14.9. The molecule has 2 aliphatic rings. The number of amides is 3. The molecule has 2 atom stereocenters. The summed E-state index contributed by atoms with van der Waals surface area (Å²) in [5.41, 5.74) is 3.24. The van der Waals surface area contributed by atoms with Gasteiger partial charge >= 0.3 is 6.03 Å². The van der Waals surface area contributed by atoms with Gasteiger partial charge in [-0.1, -0.05) is 71.4 Å². The third-order valence-corrected chi connectivity index (χ3v) is 6.49. The highest BCUT2D eigenvalue weighted by Gasteiger charge is 2.48. The van der Waals surface area contributed by atoms with Crippen molar-refractivity contribution in [2.75, 3.05) is 7.05 Å². The summed E-state index contributed by atoms with van der Waals surface area (Å²) in [4.78, 5) is 33.0. The van der Waals surface area contributed by atoms with Gasteiger partial charge in [0.2, 0.25) is 0 Å². The summed E-state index contributed by atoms with van der Waals surface area (Å²) >= 11 is 7.82. The van der Waals surface area contributed by atoms with Crippen molar-refractivity contribution in [1.29, 1.82) is 0 Å². The van der Waals surface area contributed by atoms with Crippen molar-refractivity contribution >= 4 is 40.5 Å². The smallest absolute Gasteiger partial charge is 0.325 e. The lowest BCUT2D eigenvalue weighted by Crippen LogP contribution is -2.63. The SMILES string of the molecule is Cc1cccc(CN2C(SCc3ccccc3Cl)=NC3C2C(=O)NC(=O)N3C)c1. The number of nitrogens with zero attached hydrogens (tertiary/aromatic N) is 3. The fraction of sp³-hybridized carbons (Fsp3) is 0.286. The van der Waals surface area contributed by atoms with E-state index < -0.39 is 18.2 Å². The van der Waals surface area contributed by atoms with Gasteiger partial charge in [-0.25, -0.2) is 9.79 Å². The van der Waals surface area contributed by atoms with Crippen LogP contribution in [0.3, 0.4) is 0 Å². The zero-order valence-electron chi connectivity index (χ0n) is 16.1. The first-order valence-electron chi connectivity index (χ1n) is 9.28. The lowest BCUT2D eigenvalue weighted by atomic mass is 10.1. The summed E-state index contributed by atoms with van der Waals surface area (Å²) in [7, 11) is 1.66. The number of halogens is 1. The number of amidine groups is 1. The number of hydrogen-bond donors (Lipinski definition) is 1. The molecular formula is C21H21ClN4O2S. The normalized spacial score (nSPS) is 21.1. The molecule has 29 heavy (non-hydrogen) atoms. The van der Waals surface area contributed by atoms with Gasteiger partial charge in [0.25, 0.3) is 5.91 Å². The predicted molar refractivity (Wildman–Crippen MR) is 116 cm³/mol. The first-order valence-corrected chi connectivity index (χ1v) is 10.6. The molecule has 3 amide bonds. The molecular weight excluding hydrogens is 408 g/mol. The van der Waals surface area contributed by atoms with Gasteiger partial charge in [-0.2, -0.15) is 0 Å². The lowest BCUT2D eigenvalue weighted by Gasteiger charge is -2.36. The summed E-state index contributed by atoms with van der Waals surface area (Å²) < 4.78 is 0. The van der Waals surface area contributed by atoms with Crippen LogP contribution < -0.4 is 5.32 Å². The number of carbonyl (C=O) groups excluding carboxylic acids is 2. The topological polar surface area (TPSA) is 65.0 Å². The molecule has 0 aliphatic carbocycles. The molecule has 0 saturated carbocycles. The van der Waals surface area contributed by atoms with Gasteiger partial charge in [0, 0.05) is 24.4 Å². The Morgan fingerprint density at radius 3 is 2.72 bits per heavy atom. The Balaban J connectivity index is 1.62. The molecule has 8 heteroatoms. The molecule has 0 radical (unpaired) electrons. The molecule has 1 N–H and O–H groups in total. The number of benzene rings is 2. The maximum absolute atomic E-state index is 12.7. The number of nitrogens with one attached hydrogen (secondary N) is 1. The maximum Gasteiger partial charge on any atom is 0.325 e. The van der Waals surface area contributed by atoms with Crippen LogP contribution in [0.4, 0.5) is 4.79 Å². The maximum atomic E-state index is 12.7. The van der Waals surface area contributed by atoms with Crippen LogP contribution in [0.5, 0.6) is 0 Å². The van der Waals surface area contributed by atoms with Gasteiger partial charge in [-0.3, -0.25) is 10.1 Å². The van der Waals surface area contributed by atoms with E-state index >= 15 is 0 Å². The number of carbonyl (C=O) groups is 2. The van der Waals surface area contributed by atoms with Gasteiger partial charge in [0.05, 0.1) is 0 Å². The number of rotatable bonds is 4. The van der Waals surface area contributed by atoms with E-state index in [9.17, 15) is 9.59 Å². The van der Waals surface area contributed by atoms with E-state index in [2.05, 4.69) is 11.4 Å². The highest BCUT2D eigenvalue weighted by atomic mass is 35.5. The van der Waals surface area contributed by atoms with Crippen molar-refractivity contribution in [3.63, 3.8) is 0 Å². The number of imide groups is 1. The van der Waals surface area contributed by atoms with Crippen LogP contribution in [0.15, 0.2) is 53.5 Å². The number of urea groups is 1. The third kappa shape index (κ3) is 3.97. The van der Waals surface area contributed by atoms with Crippen molar-refractivity contribution in [1.82, 2.24) is 15.1 Å². The summed E-state index contributed by atoms with van der Waals surface area (Å²) in [5.74, 6) is 0.310. The number of fused-ring (bicyclic) bond motifs is 1. The average molecular weight is 429 g/mol. The van der Waals surface area contributed by atoms with Crippen molar-refractivity contribution in [2.45, 2.75) is 31.4 Å². The van der Waals surface area contributed by atoms with E-state index in [4.69, 9.17) is 16.6 Å². The van der Waals surface area contributed by atoms with E-state index in [1.807, 2.05) is 54.3 Å². The Hall–Kier alpha value is -2.51. The fourth-order valence-electron chi connectivity index (χ4n) is 3.55. The molecule has 1 saturated heterocycles. The first-order chi connectivity index (χ1) is 13.9. The van der Waals surface area contributed by atoms with Crippen LogP contribution in [-0.4, -0.2) is 46.2 Å². The zero-order valence-corrected chi connectivity index (χ0v) is 17.7. The second-order valence-electron chi connectivity index (χ2n) is 7.17. The van der Waals surface area contributed by atoms with Crippen molar-refractivity contribution < 1.29 is 9.59 Å². The predicted octanol–water partition coefficient (Wildman–Crippen LogP) is 3.63. The molecule has 1 fully saturated rings. The Labute approximate surface area is 178 Å². The number of hydrogen-bond acceptors (Lipinski definition) is 5. The lowest BCUT2D eigenvalue weighted by molar-refractivity contribution is -0.127. The van der Waals surface area contributed by atoms with E-state index in [0.29, 0.717) is 17.3 Å². The Kier molecular flexibility index (Phi) is 5.52. The highest BCUT2D eigenvalue weighted by molar-refractivity contribution is 8.13. The number of likely N-dealkylation sites (N-methyl/N-ethyl adjacent to an activating group) is 1. The van der Waals surface area contributed by atoms with Crippen LogP contribution in [0.1, 0.15) is 16.7 Å². The van der Waals surface area contributed by atoms with E-state index in [1.54, 1.807) is 7.05 Å². The second-order valence-corrected chi connectivity index (χ2v) is 8.52. The van der Waals surface area contributed by atoms with E-state index in [0.717, 1.165) is 21.9 Å². The Bertz CT molecular complexity index is 996. The second kappa shape index (κ2) is 8.08. The molecule has 6 nitrogen and oxygen atoms in total. The molecule has 4 rings (SSSR count). The molecule has 0 aromatic heterocycles. The number of aryl methyl sites for hydroxylation is 1. The van der Waals surface area contributed by atoms with Gasteiger partial charge in [-0.15, -0.1) is 0 Å². The monoisotopic (exact) mass is 428 g/mol. The fourth-order valence-corrected chi connectivity index (χ4v) is 4.90. The molecule has 150 valence electrons. The zero-order chi connectivity index (χ0) is 20.5. The largest absolute Gasteiger partial charge is 0.331 e. The molecule has 2 aromatic rings. The van der Waals surface area contributed by atoms with Crippen LogP contribution in [0, 0.1) is 6.92 Å². The highest BCUT2D eigenvalue weighted by Crippen LogP contribution is 2.32. The Morgan fingerprint density at radius 2 is 1.97 bits per heavy atom. The van der Waals surface area contributed by atoms with Crippen LogP contribution in [0.2, 0.25) is 5.02 Å². The average Bonchev–Trinajstić information content (AvgIpc) is 3.04. The van der Waals surface area contributed by atoms with Crippen LogP contribution in [-0.2, 0) is 17.1 Å². The molecule has 0 spiro atoms. The molecule has 2 aliphatic heterocycles. The minimum absolute atomic E-state index is 0.317. The summed E-state index contributed by atoms with van der Waals surface area (Å²) in [6.07, 6.45) is -0.533. The van der Waals surface area contributed by atoms with E-state index in [-0.39, 0.29) is 5.91 Å². The summed E-state index contributed by atoms with van der Waals surface area (Å²) in [6.45, 7) is 2.57. The minimum Gasteiger partial charge on any atom is -0.331 e. The molecule has 2 aromatic carbocycles. The molecule has 0 bridgehead atoms. The van der Waals surface area contributed by atoms with Gasteiger partial charge in [0.1, 0.15) is 0 Å². The van der Waals surface area contributed by atoms with Crippen molar-refractivity contribution in [3.05, 3.63) is 70.2 Å². The number of aliphatic imine (C=N–C) groups is 1. The third-order valence-electron chi connectivity index (χ3n) is 5.07. The quantitative estimate of drug-likeness (QED) is 0.807. The van der Waals surface area contributed by atoms with Crippen LogP contribution in [0.25, 0.3) is 0 Å². The Morgan fingerprint density at radius 1 is 1.17 bits per heavy atom. The molecule has 2 unspecified atom stereocenters. The van der Waals surface area contributed by atoms with Gasteiger partial charge in [0.15, 0.2) is 17.4 Å². The van der Waals surface area contributed by atoms with E-state index in [1.165, 1.54) is 16.7 Å². The van der Waals surface area contributed by atoms with Crippen molar-refractivity contribution in [3.8, 4) is 0 Å². The minimum atomic E-state index is -0.549. The number of thioether (sulfide) groups is 1. The van der Waals surface area contributed by atoms with Gasteiger partial charge in [-0.05, 0) is 24.1 Å². The standard InChI is InChI=1S/C21H21ClN4O2S/c1-13-6-5-7-14(10-13)11-26-17-18(25(2)20(28)24-19(17)27)23-21(26)29-12-15-8-3-4-9-16(15)22/h3-10,17-18H,11-12H2,1-2H3,(H,24,27,28). The summed E-state index contributed by atoms with van der Waals surface area (Å²) in [5, 5.41) is 3.87.